The van der Waals surface area contributed by atoms with Crippen molar-refractivity contribution >= 4 is 33.5 Å². The van der Waals surface area contributed by atoms with Crippen LogP contribution in [0, 0.1) is 11.8 Å². The smallest absolute Gasteiger partial charge is 0.338 e. The first-order valence-electron chi connectivity index (χ1n) is 8.38. The first-order valence-corrected chi connectivity index (χ1v) is 10.3. The monoisotopic (exact) mass is 402 g/mol. The Kier molecular flexibility index (Phi) is 6.65. The summed E-state index contributed by atoms with van der Waals surface area (Å²) in [6.45, 7) is 3.82. The minimum absolute atomic E-state index is 0.0501. The highest BCUT2D eigenvalue weighted by molar-refractivity contribution is 7.89. The number of sulfonamides is 1. The molecule has 0 spiro atoms. The number of hydrogen-bond acceptors (Lipinski definition) is 5. The molecule has 1 amide bonds. The van der Waals surface area contributed by atoms with Crippen molar-refractivity contribution in [1.29, 1.82) is 0 Å². The number of esters is 1. The van der Waals surface area contributed by atoms with Gasteiger partial charge in [0.15, 0.2) is 6.61 Å². The maximum Gasteiger partial charge on any atom is 0.338 e. The van der Waals surface area contributed by atoms with Crippen LogP contribution in [0.4, 0.5) is 0 Å². The molecule has 1 aromatic rings. The minimum Gasteiger partial charge on any atom is -0.452 e. The number of nitrogens with one attached hydrogen (secondary N) is 1. The number of carbonyl (C=O) groups excluding carboxylic acids is 2. The Morgan fingerprint density at radius 2 is 2.00 bits per heavy atom. The molecule has 1 saturated carbocycles. The summed E-state index contributed by atoms with van der Waals surface area (Å²) >= 11 is 5.77. The van der Waals surface area contributed by atoms with E-state index in [2.05, 4.69) is 19.2 Å². The van der Waals surface area contributed by atoms with Gasteiger partial charge in [-0.2, -0.15) is 0 Å². The summed E-state index contributed by atoms with van der Waals surface area (Å²) in [5.41, 5.74) is -0.0501. The number of primary sulfonamides is 1. The van der Waals surface area contributed by atoms with E-state index in [-0.39, 0.29) is 27.4 Å². The molecule has 1 aliphatic carbocycles. The van der Waals surface area contributed by atoms with Gasteiger partial charge >= 0.3 is 5.97 Å². The van der Waals surface area contributed by atoms with Gasteiger partial charge in [-0.15, -0.1) is 0 Å². The van der Waals surface area contributed by atoms with Gasteiger partial charge in [0.1, 0.15) is 4.90 Å². The molecule has 3 N–H and O–H groups in total. The van der Waals surface area contributed by atoms with Crippen LogP contribution in [0.2, 0.25) is 5.02 Å². The number of amides is 1. The van der Waals surface area contributed by atoms with Crippen LogP contribution in [-0.4, -0.2) is 32.9 Å². The van der Waals surface area contributed by atoms with E-state index >= 15 is 0 Å². The molecule has 144 valence electrons. The normalized spacial score (nSPS) is 23.3. The lowest BCUT2D eigenvalue weighted by Crippen LogP contribution is -2.45. The second-order valence-corrected chi connectivity index (χ2v) is 8.64. The lowest BCUT2D eigenvalue weighted by molar-refractivity contribution is -0.125. The van der Waals surface area contributed by atoms with E-state index < -0.39 is 22.6 Å². The van der Waals surface area contributed by atoms with Crippen molar-refractivity contribution in [3.8, 4) is 0 Å². The number of nitrogens with two attached hydrogens (primary N) is 1. The average molecular weight is 403 g/mol. The number of halogens is 1. The summed E-state index contributed by atoms with van der Waals surface area (Å²) in [6.07, 6.45) is 3.10. The van der Waals surface area contributed by atoms with Gasteiger partial charge in [-0.1, -0.05) is 38.3 Å². The third kappa shape index (κ3) is 5.18. The Bertz CT molecular complexity index is 796. The first kappa shape index (κ1) is 20.7. The van der Waals surface area contributed by atoms with Gasteiger partial charge < -0.3 is 10.1 Å². The summed E-state index contributed by atoms with van der Waals surface area (Å²) in [6, 6.07) is 3.64. The Morgan fingerprint density at radius 1 is 1.31 bits per heavy atom. The molecule has 3 atom stereocenters. The lowest BCUT2D eigenvalue weighted by Gasteiger charge is -2.34. The number of carbonyl (C=O) groups is 2. The molecule has 2 rings (SSSR count). The van der Waals surface area contributed by atoms with Crippen LogP contribution in [0.1, 0.15) is 43.5 Å². The van der Waals surface area contributed by atoms with Crippen LogP contribution in [0.3, 0.4) is 0 Å². The van der Waals surface area contributed by atoms with E-state index in [9.17, 15) is 18.0 Å². The maximum atomic E-state index is 12.1. The predicted molar refractivity (Wildman–Crippen MR) is 97.2 cm³/mol. The Labute approximate surface area is 158 Å². The van der Waals surface area contributed by atoms with Gasteiger partial charge in [-0.05, 0) is 36.5 Å². The van der Waals surface area contributed by atoms with Crippen LogP contribution in [0.25, 0.3) is 0 Å². The van der Waals surface area contributed by atoms with Crippen molar-refractivity contribution in [2.45, 2.75) is 44.0 Å². The van der Waals surface area contributed by atoms with Crippen LogP contribution in [0.5, 0.6) is 0 Å². The van der Waals surface area contributed by atoms with Crippen LogP contribution in [0.15, 0.2) is 23.1 Å². The highest BCUT2D eigenvalue weighted by Crippen LogP contribution is 2.29. The zero-order valence-corrected chi connectivity index (χ0v) is 16.3. The molecule has 9 heteroatoms. The SMILES string of the molecule is C[C@H]1[C@@H](NC(=O)COC(=O)c2ccc(Cl)c(S(N)(=O)=O)c2)CCC[C@@H]1C. The molecule has 0 aromatic heterocycles. The highest BCUT2D eigenvalue weighted by Gasteiger charge is 2.28. The lowest BCUT2D eigenvalue weighted by atomic mass is 9.78. The number of hydrogen-bond donors (Lipinski definition) is 2. The van der Waals surface area contributed by atoms with Crippen molar-refractivity contribution in [3.63, 3.8) is 0 Å². The fraction of sp³-hybridized carbons (Fsp3) is 0.529. The standard InChI is InChI=1S/C17H23ClN2O5S/c1-10-4-3-5-14(11(10)2)20-16(21)9-25-17(22)12-6-7-13(18)15(8-12)26(19,23)24/h6-8,10-11,14H,3-5,9H2,1-2H3,(H,20,21)(H2,19,23,24)/t10-,11+,14-/m0/s1. The Balaban J connectivity index is 1.95. The molecular weight excluding hydrogens is 380 g/mol. The van der Waals surface area contributed by atoms with Crippen molar-refractivity contribution in [2.75, 3.05) is 6.61 Å². The minimum atomic E-state index is -4.07. The topological polar surface area (TPSA) is 116 Å². The number of benzene rings is 1. The second-order valence-electron chi connectivity index (χ2n) is 6.71. The number of ether oxygens (including phenoxy) is 1. The van der Waals surface area contributed by atoms with E-state index in [1.807, 2.05) is 0 Å². The van der Waals surface area contributed by atoms with Crippen LogP contribution < -0.4 is 10.5 Å². The van der Waals surface area contributed by atoms with E-state index in [0.29, 0.717) is 11.8 Å². The molecule has 0 radical (unpaired) electrons. The number of rotatable bonds is 5. The molecule has 26 heavy (non-hydrogen) atoms. The van der Waals surface area contributed by atoms with E-state index in [0.717, 1.165) is 25.3 Å². The first-order chi connectivity index (χ1) is 12.1. The summed E-state index contributed by atoms with van der Waals surface area (Å²) < 4.78 is 27.9. The van der Waals surface area contributed by atoms with Crippen molar-refractivity contribution in [2.24, 2.45) is 17.0 Å². The van der Waals surface area contributed by atoms with Gasteiger partial charge in [0.05, 0.1) is 10.6 Å². The van der Waals surface area contributed by atoms with Gasteiger partial charge in [0.25, 0.3) is 5.91 Å². The highest BCUT2D eigenvalue weighted by atomic mass is 35.5. The van der Waals surface area contributed by atoms with Gasteiger partial charge in [0, 0.05) is 6.04 Å². The average Bonchev–Trinajstić information content (AvgIpc) is 2.56. The summed E-state index contributed by atoms with van der Waals surface area (Å²) in [7, 11) is -4.07. The zero-order chi connectivity index (χ0) is 19.5. The predicted octanol–water partition coefficient (Wildman–Crippen LogP) is 2.09. The van der Waals surface area contributed by atoms with Crippen LogP contribution >= 0.6 is 11.6 Å². The van der Waals surface area contributed by atoms with Gasteiger partial charge in [-0.3, -0.25) is 4.79 Å². The van der Waals surface area contributed by atoms with E-state index in [1.54, 1.807) is 0 Å². The molecule has 0 bridgehead atoms. The molecule has 7 nitrogen and oxygen atoms in total. The largest absolute Gasteiger partial charge is 0.452 e. The van der Waals surface area contributed by atoms with Crippen molar-refractivity contribution < 1.29 is 22.7 Å². The molecular formula is C17H23ClN2O5S. The third-order valence-corrected chi connectivity index (χ3v) is 6.25. The van der Waals surface area contributed by atoms with Gasteiger partial charge in [-0.25, -0.2) is 18.4 Å². The van der Waals surface area contributed by atoms with E-state index in [4.69, 9.17) is 21.5 Å². The Hall–Kier alpha value is -1.64. The molecule has 1 aliphatic rings. The molecule has 0 heterocycles. The molecule has 0 saturated heterocycles. The summed E-state index contributed by atoms with van der Waals surface area (Å²) in [4.78, 5) is 23.7. The third-order valence-electron chi connectivity index (χ3n) is 4.86. The van der Waals surface area contributed by atoms with E-state index in [1.165, 1.54) is 12.1 Å². The van der Waals surface area contributed by atoms with Gasteiger partial charge in [0.2, 0.25) is 10.0 Å². The fourth-order valence-corrected chi connectivity index (χ4v) is 4.17. The quantitative estimate of drug-likeness (QED) is 0.731. The summed E-state index contributed by atoms with van der Waals surface area (Å²) in [5.74, 6) is -0.323. The maximum absolute atomic E-state index is 12.1. The summed E-state index contributed by atoms with van der Waals surface area (Å²) in [5, 5.41) is 7.85. The molecule has 0 unspecified atom stereocenters. The molecule has 0 aliphatic heterocycles. The van der Waals surface area contributed by atoms with Crippen LogP contribution in [-0.2, 0) is 19.6 Å². The zero-order valence-electron chi connectivity index (χ0n) is 14.7. The fourth-order valence-electron chi connectivity index (χ4n) is 3.10. The Morgan fingerprint density at radius 3 is 2.65 bits per heavy atom. The molecule has 1 fully saturated rings. The van der Waals surface area contributed by atoms with Crippen molar-refractivity contribution in [3.05, 3.63) is 28.8 Å². The molecule has 1 aromatic carbocycles. The second kappa shape index (κ2) is 8.37. The van der Waals surface area contributed by atoms with Crippen molar-refractivity contribution in [1.82, 2.24) is 5.32 Å².